The van der Waals surface area contributed by atoms with Crippen LogP contribution in [0.4, 0.5) is 0 Å². The van der Waals surface area contributed by atoms with Crippen LogP contribution in [0.1, 0.15) is 5.69 Å². The van der Waals surface area contributed by atoms with Crippen molar-refractivity contribution >= 4 is 0 Å². The van der Waals surface area contributed by atoms with E-state index in [0.717, 1.165) is 17.0 Å². The number of benzene rings is 1. The Balaban J connectivity index is 1.67. The minimum absolute atomic E-state index is 0.447. The van der Waals surface area contributed by atoms with Gasteiger partial charge in [-0.25, -0.2) is 0 Å². The second-order valence-electron chi connectivity index (χ2n) is 3.87. The van der Waals surface area contributed by atoms with Gasteiger partial charge in [-0.2, -0.15) is 5.21 Å². The fraction of sp³-hybridized carbons (Fsp3) is 0.0769. The first-order valence-corrected chi connectivity index (χ1v) is 5.78. The second kappa shape index (κ2) is 5.26. The van der Waals surface area contributed by atoms with E-state index in [-0.39, 0.29) is 0 Å². The molecule has 0 amide bonds. The van der Waals surface area contributed by atoms with Crippen molar-refractivity contribution in [1.29, 1.82) is 0 Å². The minimum Gasteiger partial charge on any atom is -0.487 e. The lowest BCUT2D eigenvalue weighted by Crippen LogP contribution is -1.97. The molecule has 6 heteroatoms. The molecule has 0 unspecified atom stereocenters. The van der Waals surface area contributed by atoms with Gasteiger partial charge in [-0.15, -0.1) is 10.2 Å². The van der Waals surface area contributed by atoms with E-state index in [1.807, 2.05) is 42.5 Å². The maximum Gasteiger partial charge on any atom is 0.204 e. The summed E-state index contributed by atoms with van der Waals surface area (Å²) in [5.41, 5.74) is 1.78. The second-order valence-corrected chi connectivity index (χ2v) is 3.87. The molecule has 0 atom stereocenters. The van der Waals surface area contributed by atoms with Gasteiger partial charge in [0.15, 0.2) is 0 Å². The highest BCUT2D eigenvalue weighted by atomic mass is 16.5. The SMILES string of the molecule is c1ccc(COc2ccc(-c3nn[nH]n3)cc2)nc1. The van der Waals surface area contributed by atoms with E-state index >= 15 is 0 Å². The van der Waals surface area contributed by atoms with Crippen molar-refractivity contribution < 1.29 is 4.74 Å². The number of H-pyrrole nitrogens is 1. The molecule has 3 aromatic rings. The fourth-order valence-corrected chi connectivity index (χ4v) is 1.63. The van der Waals surface area contributed by atoms with E-state index in [1.165, 1.54) is 0 Å². The van der Waals surface area contributed by atoms with E-state index in [0.29, 0.717) is 12.4 Å². The van der Waals surface area contributed by atoms with E-state index in [2.05, 4.69) is 25.6 Å². The Morgan fingerprint density at radius 1 is 1.05 bits per heavy atom. The zero-order chi connectivity index (χ0) is 12.9. The van der Waals surface area contributed by atoms with E-state index < -0.39 is 0 Å². The summed E-state index contributed by atoms with van der Waals surface area (Å²) in [6, 6.07) is 13.3. The van der Waals surface area contributed by atoms with Crippen LogP contribution in [0, 0.1) is 0 Å². The first-order valence-electron chi connectivity index (χ1n) is 5.78. The molecule has 0 aliphatic carbocycles. The third kappa shape index (κ3) is 2.74. The summed E-state index contributed by atoms with van der Waals surface area (Å²) in [7, 11) is 0. The average molecular weight is 253 g/mol. The zero-order valence-corrected chi connectivity index (χ0v) is 10.0. The quantitative estimate of drug-likeness (QED) is 0.767. The van der Waals surface area contributed by atoms with Crippen molar-refractivity contribution in [3.8, 4) is 17.1 Å². The van der Waals surface area contributed by atoms with Crippen LogP contribution >= 0.6 is 0 Å². The monoisotopic (exact) mass is 253 g/mol. The zero-order valence-electron chi connectivity index (χ0n) is 10.0. The van der Waals surface area contributed by atoms with Gasteiger partial charge in [-0.1, -0.05) is 6.07 Å². The Bertz CT molecular complexity index is 622. The lowest BCUT2D eigenvalue weighted by atomic mass is 10.2. The van der Waals surface area contributed by atoms with Crippen LogP contribution in [0.15, 0.2) is 48.7 Å². The van der Waals surface area contributed by atoms with Crippen LogP contribution in [-0.2, 0) is 6.61 Å². The van der Waals surface area contributed by atoms with Crippen molar-refractivity contribution in [3.63, 3.8) is 0 Å². The number of nitrogens with one attached hydrogen (secondary N) is 1. The van der Waals surface area contributed by atoms with Crippen LogP contribution < -0.4 is 4.74 Å². The molecule has 0 saturated heterocycles. The van der Waals surface area contributed by atoms with Crippen molar-refractivity contribution in [2.24, 2.45) is 0 Å². The average Bonchev–Trinajstić information content (AvgIpc) is 3.01. The van der Waals surface area contributed by atoms with Gasteiger partial charge < -0.3 is 4.74 Å². The van der Waals surface area contributed by atoms with Crippen LogP contribution in [0.25, 0.3) is 11.4 Å². The fourth-order valence-electron chi connectivity index (χ4n) is 1.63. The number of aromatic amines is 1. The molecule has 2 heterocycles. The summed E-state index contributed by atoms with van der Waals surface area (Å²) in [5, 5.41) is 13.8. The molecule has 6 nitrogen and oxygen atoms in total. The Labute approximate surface area is 109 Å². The van der Waals surface area contributed by atoms with Crippen LogP contribution in [-0.4, -0.2) is 25.6 Å². The molecule has 0 saturated carbocycles. The van der Waals surface area contributed by atoms with Crippen molar-refractivity contribution in [3.05, 3.63) is 54.4 Å². The normalized spacial score (nSPS) is 10.3. The van der Waals surface area contributed by atoms with Crippen molar-refractivity contribution in [1.82, 2.24) is 25.6 Å². The Morgan fingerprint density at radius 2 is 1.95 bits per heavy atom. The molecular formula is C13H11N5O. The number of ether oxygens (including phenoxy) is 1. The molecule has 0 fully saturated rings. The highest BCUT2D eigenvalue weighted by molar-refractivity contribution is 5.54. The Kier molecular flexibility index (Phi) is 3.14. The number of hydrogen-bond donors (Lipinski definition) is 1. The minimum atomic E-state index is 0.447. The number of rotatable bonds is 4. The van der Waals surface area contributed by atoms with Crippen LogP contribution in [0.5, 0.6) is 5.75 Å². The maximum atomic E-state index is 5.64. The van der Waals surface area contributed by atoms with Crippen molar-refractivity contribution in [2.75, 3.05) is 0 Å². The van der Waals surface area contributed by atoms with Gasteiger partial charge in [-0.3, -0.25) is 4.98 Å². The maximum absolute atomic E-state index is 5.64. The third-order valence-corrected chi connectivity index (χ3v) is 2.57. The molecule has 0 spiro atoms. The van der Waals surface area contributed by atoms with Gasteiger partial charge in [0.05, 0.1) is 5.69 Å². The first-order chi connectivity index (χ1) is 9.42. The van der Waals surface area contributed by atoms with Gasteiger partial charge in [0.2, 0.25) is 5.82 Å². The van der Waals surface area contributed by atoms with Crippen LogP contribution in [0.3, 0.4) is 0 Å². The molecule has 0 radical (unpaired) electrons. The first kappa shape index (κ1) is 11.3. The molecule has 94 valence electrons. The predicted octanol–water partition coefficient (Wildman–Crippen LogP) is 1.84. The number of nitrogens with zero attached hydrogens (tertiary/aromatic N) is 4. The number of pyridine rings is 1. The Hall–Kier alpha value is -2.76. The molecule has 0 aliphatic heterocycles. The number of hydrogen-bond acceptors (Lipinski definition) is 5. The van der Waals surface area contributed by atoms with Gasteiger partial charge in [0.25, 0.3) is 0 Å². The summed E-state index contributed by atoms with van der Waals surface area (Å²) >= 11 is 0. The molecule has 1 aromatic carbocycles. The largest absolute Gasteiger partial charge is 0.487 e. The van der Waals surface area contributed by atoms with Crippen molar-refractivity contribution in [2.45, 2.75) is 6.61 Å². The molecule has 1 N–H and O–H groups in total. The predicted molar refractivity (Wildman–Crippen MR) is 68.2 cm³/mol. The molecule has 2 aromatic heterocycles. The third-order valence-electron chi connectivity index (χ3n) is 2.57. The van der Waals surface area contributed by atoms with E-state index in [4.69, 9.17) is 4.74 Å². The molecule has 3 rings (SSSR count). The topological polar surface area (TPSA) is 76.6 Å². The van der Waals surface area contributed by atoms with E-state index in [9.17, 15) is 0 Å². The molecular weight excluding hydrogens is 242 g/mol. The van der Waals surface area contributed by atoms with Gasteiger partial charge in [-0.05, 0) is 41.6 Å². The smallest absolute Gasteiger partial charge is 0.204 e. The Morgan fingerprint density at radius 3 is 2.63 bits per heavy atom. The van der Waals surface area contributed by atoms with Gasteiger partial charge in [0, 0.05) is 11.8 Å². The van der Waals surface area contributed by atoms with Crippen LogP contribution in [0.2, 0.25) is 0 Å². The lowest BCUT2D eigenvalue weighted by Gasteiger charge is -2.05. The van der Waals surface area contributed by atoms with E-state index in [1.54, 1.807) is 6.20 Å². The summed E-state index contributed by atoms with van der Waals surface area (Å²) in [5.74, 6) is 1.34. The highest BCUT2D eigenvalue weighted by Gasteiger charge is 2.03. The standard InChI is InChI=1S/C13H11N5O/c1-2-8-14-11(3-1)9-19-12-6-4-10(5-7-12)13-15-17-18-16-13/h1-8H,9H2,(H,15,16,17,18). The molecule has 0 bridgehead atoms. The summed E-state index contributed by atoms with van der Waals surface area (Å²) < 4.78 is 5.64. The molecule has 0 aliphatic rings. The summed E-state index contributed by atoms with van der Waals surface area (Å²) in [6.07, 6.45) is 1.75. The highest BCUT2D eigenvalue weighted by Crippen LogP contribution is 2.18. The number of aromatic nitrogens is 5. The molecule has 19 heavy (non-hydrogen) atoms. The summed E-state index contributed by atoms with van der Waals surface area (Å²) in [4.78, 5) is 4.19. The number of tetrazole rings is 1. The lowest BCUT2D eigenvalue weighted by molar-refractivity contribution is 0.301. The summed E-state index contributed by atoms with van der Waals surface area (Å²) in [6.45, 7) is 0.447. The van der Waals surface area contributed by atoms with Gasteiger partial charge >= 0.3 is 0 Å². The van der Waals surface area contributed by atoms with Gasteiger partial charge in [0.1, 0.15) is 12.4 Å².